The molecule has 1 aliphatic carbocycles. The molecule has 0 saturated heterocycles. The Labute approximate surface area is 359 Å². The minimum absolute atomic E-state index is 0.298. The van der Waals surface area contributed by atoms with E-state index in [4.69, 9.17) is 0 Å². The van der Waals surface area contributed by atoms with Gasteiger partial charge in [-0.1, -0.05) is 109 Å². The molecule has 1 aromatic heterocycles. The highest BCUT2D eigenvalue weighted by Gasteiger charge is 2.38. The summed E-state index contributed by atoms with van der Waals surface area (Å²) in [6.07, 6.45) is 8.13. The highest BCUT2D eigenvalue weighted by Crippen LogP contribution is 2.76. The number of nitrogens with zero attached hydrogens (tertiary/aromatic N) is 1. The van der Waals surface area contributed by atoms with Gasteiger partial charge in [-0.15, -0.1) is 20.1 Å². The molecule has 306 valence electrons. The van der Waals surface area contributed by atoms with Gasteiger partial charge in [0.2, 0.25) is 5.82 Å². The molecule has 0 N–H and O–H groups in total. The van der Waals surface area contributed by atoms with E-state index in [-0.39, 0.29) is 0 Å². The van der Waals surface area contributed by atoms with Crippen LogP contribution in [0.1, 0.15) is 12.8 Å². The topological polar surface area (TPSA) is 4.93 Å². The maximum atomic E-state index is 16.2. The fraction of sp³-hybridized carbons (Fsp3) is 0.0370. The highest BCUT2D eigenvalue weighted by molar-refractivity contribution is 8.37. The zero-order valence-electron chi connectivity index (χ0n) is 33.2. The molecule has 0 spiro atoms. The molecule has 0 atom stereocenters. The average Bonchev–Trinajstić information content (AvgIpc) is 3.65. The van der Waals surface area contributed by atoms with Crippen molar-refractivity contribution in [1.82, 2.24) is 4.57 Å². The van der Waals surface area contributed by atoms with Crippen LogP contribution in [-0.4, -0.2) is 4.57 Å². The fourth-order valence-electron chi connectivity index (χ4n) is 9.03. The maximum absolute atomic E-state index is 16.2. The molecule has 8 aromatic carbocycles. The maximum Gasteiger partial charge on any atom is 0.200 e. The van der Waals surface area contributed by atoms with Gasteiger partial charge in [0.25, 0.3) is 0 Å². The molecule has 1 aliphatic rings. The van der Waals surface area contributed by atoms with Crippen LogP contribution in [-0.2, 0) is 0 Å². The second-order valence-corrected chi connectivity index (χ2v) is 21.3. The van der Waals surface area contributed by atoms with Crippen LogP contribution in [0.2, 0.25) is 0 Å². The van der Waals surface area contributed by atoms with Gasteiger partial charge in [-0.3, -0.25) is 0 Å². The summed E-state index contributed by atoms with van der Waals surface area (Å²) in [6.45, 7) is 0. The Kier molecular flexibility index (Phi) is 10.2. The Morgan fingerprint density at radius 3 is 1.10 bits per heavy atom. The molecule has 0 unspecified atom stereocenters. The molecule has 9 aromatic rings. The van der Waals surface area contributed by atoms with Crippen LogP contribution in [0.15, 0.2) is 245 Å². The van der Waals surface area contributed by atoms with E-state index >= 15 is 17.6 Å². The van der Waals surface area contributed by atoms with Gasteiger partial charge in [0.1, 0.15) is 5.69 Å². The summed E-state index contributed by atoms with van der Waals surface area (Å²) in [4.78, 5) is 8.55. The molecule has 10 rings (SSSR count). The van der Waals surface area contributed by atoms with Crippen molar-refractivity contribution in [3.8, 4) is 5.69 Å². The molecular formula is C54H38F5NS2. The molecule has 0 fully saturated rings. The van der Waals surface area contributed by atoms with Gasteiger partial charge >= 0.3 is 0 Å². The van der Waals surface area contributed by atoms with Crippen molar-refractivity contribution < 1.29 is 22.0 Å². The van der Waals surface area contributed by atoms with Crippen LogP contribution in [0.5, 0.6) is 0 Å². The molecule has 0 saturated carbocycles. The van der Waals surface area contributed by atoms with Gasteiger partial charge in [0.05, 0.1) is 11.0 Å². The second-order valence-electron chi connectivity index (χ2n) is 15.0. The van der Waals surface area contributed by atoms with Crippen molar-refractivity contribution in [2.75, 3.05) is 0 Å². The van der Waals surface area contributed by atoms with Crippen molar-refractivity contribution >= 4 is 41.9 Å². The van der Waals surface area contributed by atoms with Gasteiger partial charge < -0.3 is 4.57 Å². The molecule has 0 amide bonds. The fourth-order valence-corrected chi connectivity index (χ4v) is 17.1. The van der Waals surface area contributed by atoms with Gasteiger partial charge in [0.15, 0.2) is 23.3 Å². The number of benzene rings is 8. The predicted molar refractivity (Wildman–Crippen MR) is 242 cm³/mol. The monoisotopic (exact) mass is 859 g/mol. The van der Waals surface area contributed by atoms with Gasteiger partial charge in [-0.05, 0) is 115 Å². The number of halogens is 5. The zero-order chi connectivity index (χ0) is 42.4. The Balaban J connectivity index is 1.37. The largest absolute Gasteiger partial charge is 0.304 e. The Morgan fingerprint density at radius 2 is 0.726 bits per heavy atom. The summed E-state index contributed by atoms with van der Waals surface area (Å²) in [7, 11) is -4.41. The predicted octanol–water partition coefficient (Wildman–Crippen LogP) is 16.3. The average molecular weight is 860 g/mol. The standard InChI is InChI=1S/C54H38F5NS2/c55-49-50(56)52(58)54(53(59)51(49)57)60-47-33-31-43(61(37-19-7-1-8-20-37,38-21-9-2-10-22-38)39-23-11-3-12-24-39)35-45(47)46-36-44(32-34-48(46)60)62(40-25-13-4-14-26-40,41-27-15-5-16-28-41)42-29-17-6-18-30-42/h1-17,19-29,31-36H,18,30H2. The van der Waals surface area contributed by atoms with Gasteiger partial charge in [-0.25, -0.2) is 22.0 Å². The number of rotatable bonds is 9. The van der Waals surface area contributed by atoms with Crippen LogP contribution in [0.3, 0.4) is 0 Å². The Morgan fingerprint density at radius 1 is 0.371 bits per heavy atom. The summed E-state index contributed by atoms with van der Waals surface area (Å²) in [5.41, 5.74) is -0.429. The molecule has 8 heteroatoms. The van der Waals surface area contributed by atoms with Crippen LogP contribution in [0.4, 0.5) is 22.0 Å². The molecule has 1 heterocycles. The van der Waals surface area contributed by atoms with Crippen molar-refractivity contribution in [2.24, 2.45) is 0 Å². The SMILES string of the molecule is Fc1c(F)c(F)c(-n2c3ccc(S(C4=CC=CCC4)(c4ccccc4)c4ccccc4)cc3c3cc(S(c4ccccc4)(c4ccccc4)c4ccccc4)ccc32)c(F)c1F. The molecular weight excluding hydrogens is 822 g/mol. The lowest BCUT2D eigenvalue weighted by Gasteiger charge is -2.44. The number of hydrogen-bond acceptors (Lipinski definition) is 0. The number of aromatic nitrogens is 1. The third kappa shape index (κ3) is 6.07. The first-order chi connectivity index (χ1) is 30.4. The summed E-state index contributed by atoms with van der Waals surface area (Å²) < 4.78 is 78.6. The third-order valence-electron chi connectivity index (χ3n) is 11.7. The number of allylic oxidation sites excluding steroid dienone is 4. The van der Waals surface area contributed by atoms with Crippen LogP contribution in [0, 0.1) is 29.1 Å². The van der Waals surface area contributed by atoms with Crippen molar-refractivity contribution in [2.45, 2.75) is 47.1 Å². The van der Waals surface area contributed by atoms with E-state index in [9.17, 15) is 4.39 Å². The Hall–Kier alpha value is -6.61. The van der Waals surface area contributed by atoms with Crippen molar-refractivity contribution in [3.63, 3.8) is 0 Å². The number of hydrogen-bond donors (Lipinski definition) is 0. The minimum atomic E-state index is -2.24. The van der Waals surface area contributed by atoms with Gasteiger partial charge in [0, 0.05) is 45.0 Å². The van der Waals surface area contributed by atoms with E-state index in [0.29, 0.717) is 21.8 Å². The van der Waals surface area contributed by atoms with E-state index in [1.807, 2.05) is 103 Å². The van der Waals surface area contributed by atoms with Crippen molar-refractivity contribution in [1.29, 1.82) is 0 Å². The molecule has 0 bridgehead atoms. The molecule has 1 nitrogen and oxygen atoms in total. The smallest absolute Gasteiger partial charge is 0.200 e. The first-order valence-electron chi connectivity index (χ1n) is 20.2. The van der Waals surface area contributed by atoms with E-state index < -0.39 is 54.8 Å². The lowest BCUT2D eigenvalue weighted by atomic mass is 10.1. The molecule has 0 aliphatic heterocycles. The first kappa shape index (κ1) is 39.5. The lowest BCUT2D eigenvalue weighted by Crippen LogP contribution is -2.10. The van der Waals surface area contributed by atoms with Crippen LogP contribution < -0.4 is 0 Å². The summed E-state index contributed by atoms with van der Waals surface area (Å²) in [6, 6.07) is 63.2. The lowest BCUT2D eigenvalue weighted by molar-refractivity contribution is 0.376. The normalized spacial score (nSPS) is 13.7. The summed E-state index contributed by atoms with van der Waals surface area (Å²) in [5.74, 6) is -10.0. The summed E-state index contributed by atoms with van der Waals surface area (Å²) in [5, 5.41) is 1.22. The van der Waals surface area contributed by atoms with E-state index in [0.717, 1.165) is 47.1 Å². The summed E-state index contributed by atoms with van der Waals surface area (Å²) >= 11 is 0. The Bertz CT molecular complexity index is 3000. The minimum Gasteiger partial charge on any atom is -0.304 e. The first-order valence-corrected chi connectivity index (χ1v) is 23.5. The van der Waals surface area contributed by atoms with Crippen LogP contribution >= 0.6 is 20.1 Å². The zero-order valence-corrected chi connectivity index (χ0v) is 34.8. The molecule has 62 heavy (non-hydrogen) atoms. The van der Waals surface area contributed by atoms with Crippen molar-refractivity contribution in [3.05, 3.63) is 240 Å². The number of fused-ring (bicyclic) bond motifs is 3. The highest BCUT2D eigenvalue weighted by atomic mass is 32.3. The second kappa shape index (κ2) is 16.0. The van der Waals surface area contributed by atoms with Gasteiger partial charge in [-0.2, -0.15) is 0 Å². The third-order valence-corrected chi connectivity index (χ3v) is 19.6. The van der Waals surface area contributed by atoms with E-state index in [1.165, 1.54) is 9.47 Å². The van der Waals surface area contributed by atoms with Crippen LogP contribution in [0.25, 0.3) is 27.5 Å². The molecule has 0 radical (unpaired) electrons. The quantitative estimate of drug-likeness (QED) is 0.0774. The van der Waals surface area contributed by atoms with E-state index in [2.05, 4.69) is 91.0 Å². The van der Waals surface area contributed by atoms with E-state index in [1.54, 1.807) is 12.1 Å².